The van der Waals surface area contributed by atoms with Crippen LogP contribution in [0.1, 0.15) is 16.7 Å². The van der Waals surface area contributed by atoms with E-state index in [2.05, 4.69) is 26.6 Å². The van der Waals surface area contributed by atoms with Crippen molar-refractivity contribution in [3.63, 3.8) is 0 Å². The molecule has 0 atom stereocenters. The number of aryl methyl sites for hydroxylation is 2. The summed E-state index contributed by atoms with van der Waals surface area (Å²) in [5.41, 5.74) is 3.11. The SMILES string of the molecule is Cc1ccc(NC(=O)COc2ccc(/C=C3/C(=O)NC(=O)N(c4ccc(Cl)c(Cl)c4)C3=O)cc2Br)c(C)c1. The normalized spacial score (nSPS) is 14.5. The molecule has 0 unspecified atom stereocenters. The van der Waals surface area contributed by atoms with Gasteiger partial charge in [0.25, 0.3) is 17.7 Å². The Bertz CT molecular complexity index is 1520. The molecule has 2 N–H and O–H groups in total. The third-order valence-electron chi connectivity index (χ3n) is 5.54. The summed E-state index contributed by atoms with van der Waals surface area (Å²) in [6, 6.07) is 13.9. The van der Waals surface area contributed by atoms with E-state index in [1.54, 1.807) is 18.2 Å². The average Bonchev–Trinajstić information content (AvgIpc) is 2.85. The Morgan fingerprint density at radius 1 is 1.03 bits per heavy atom. The summed E-state index contributed by atoms with van der Waals surface area (Å²) in [5.74, 6) is -1.60. The summed E-state index contributed by atoms with van der Waals surface area (Å²) in [6.07, 6.45) is 1.34. The number of anilines is 2. The fourth-order valence-corrected chi connectivity index (χ4v) is 4.49. The van der Waals surface area contributed by atoms with E-state index in [0.29, 0.717) is 21.5 Å². The lowest BCUT2D eigenvalue weighted by Gasteiger charge is -2.26. The van der Waals surface area contributed by atoms with Crippen LogP contribution in [0, 0.1) is 13.8 Å². The predicted octanol–water partition coefficient (Wildman–Crippen LogP) is 6.06. The molecular weight excluding hydrogens is 597 g/mol. The van der Waals surface area contributed by atoms with Gasteiger partial charge in [-0.15, -0.1) is 0 Å². The molecule has 0 spiro atoms. The molecule has 3 aromatic rings. The van der Waals surface area contributed by atoms with Crippen LogP contribution in [0.25, 0.3) is 6.08 Å². The van der Waals surface area contributed by atoms with Crippen LogP contribution in [0.5, 0.6) is 5.75 Å². The molecule has 194 valence electrons. The van der Waals surface area contributed by atoms with Crippen LogP contribution < -0.4 is 20.3 Å². The Morgan fingerprint density at radius 2 is 1.79 bits per heavy atom. The number of barbiturate groups is 1. The molecule has 1 saturated heterocycles. The Hall–Kier alpha value is -3.66. The molecule has 3 aromatic carbocycles. The maximum Gasteiger partial charge on any atom is 0.335 e. The molecule has 0 aromatic heterocycles. The Morgan fingerprint density at radius 3 is 2.47 bits per heavy atom. The van der Waals surface area contributed by atoms with Gasteiger partial charge in [-0.05, 0) is 83.4 Å². The number of hydrogen-bond donors (Lipinski definition) is 2. The van der Waals surface area contributed by atoms with Gasteiger partial charge >= 0.3 is 6.03 Å². The Kier molecular flexibility index (Phi) is 8.20. The van der Waals surface area contributed by atoms with Gasteiger partial charge in [0.15, 0.2) is 6.61 Å². The van der Waals surface area contributed by atoms with E-state index < -0.39 is 17.8 Å². The molecule has 1 fully saturated rings. The molecule has 1 aliphatic heterocycles. The van der Waals surface area contributed by atoms with E-state index in [-0.39, 0.29) is 33.8 Å². The summed E-state index contributed by atoms with van der Waals surface area (Å²) in [6.45, 7) is 3.65. The van der Waals surface area contributed by atoms with E-state index >= 15 is 0 Å². The number of nitrogens with zero attached hydrogens (tertiary/aromatic N) is 1. The van der Waals surface area contributed by atoms with Crippen LogP contribution in [0.15, 0.2) is 64.6 Å². The highest BCUT2D eigenvalue weighted by Gasteiger charge is 2.37. The summed E-state index contributed by atoms with van der Waals surface area (Å²) in [7, 11) is 0. The smallest absolute Gasteiger partial charge is 0.335 e. The van der Waals surface area contributed by atoms with Crippen molar-refractivity contribution in [2.75, 3.05) is 16.8 Å². The number of nitrogens with one attached hydrogen (secondary N) is 2. The van der Waals surface area contributed by atoms with Crippen LogP contribution in [-0.4, -0.2) is 30.4 Å². The second-order valence-corrected chi connectivity index (χ2v) is 10.1. The van der Waals surface area contributed by atoms with Crippen molar-refractivity contribution in [2.24, 2.45) is 0 Å². The first-order chi connectivity index (χ1) is 18.0. The van der Waals surface area contributed by atoms with Gasteiger partial charge in [-0.3, -0.25) is 19.7 Å². The molecule has 11 heteroatoms. The van der Waals surface area contributed by atoms with Gasteiger partial charge in [0.2, 0.25) is 0 Å². The lowest BCUT2D eigenvalue weighted by atomic mass is 10.1. The highest BCUT2D eigenvalue weighted by molar-refractivity contribution is 9.10. The van der Waals surface area contributed by atoms with Gasteiger partial charge in [0, 0.05) is 5.69 Å². The number of hydrogen-bond acceptors (Lipinski definition) is 5. The summed E-state index contributed by atoms with van der Waals surface area (Å²) < 4.78 is 6.12. The van der Waals surface area contributed by atoms with E-state index in [0.717, 1.165) is 16.0 Å². The van der Waals surface area contributed by atoms with Crippen molar-refractivity contribution in [1.29, 1.82) is 0 Å². The maximum atomic E-state index is 13.1. The zero-order valence-electron chi connectivity index (χ0n) is 20.1. The molecule has 8 nitrogen and oxygen atoms in total. The first kappa shape index (κ1) is 27.4. The zero-order valence-corrected chi connectivity index (χ0v) is 23.2. The van der Waals surface area contributed by atoms with E-state index in [1.807, 2.05) is 32.0 Å². The number of carbonyl (C=O) groups excluding carboxylic acids is 4. The van der Waals surface area contributed by atoms with E-state index in [9.17, 15) is 19.2 Å². The molecule has 5 amide bonds. The van der Waals surface area contributed by atoms with Gasteiger partial charge in [-0.2, -0.15) is 0 Å². The highest BCUT2D eigenvalue weighted by Crippen LogP contribution is 2.31. The average molecular weight is 617 g/mol. The maximum absolute atomic E-state index is 13.1. The van der Waals surface area contributed by atoms with Crippen molar-refractivity contribution in [2.45, 2.75) is 13.8 Å². The van der Waals surface area contributed by atoms with Crippen molar-refractivity contribution >= 4 is 80.3 Å². The number of urea groups is 1. The number of carbonyl (C=O) groups is 4. The topological polar surface area (TPSA) is 105 Å². The van der Waals surface area contributed by atoms with E-state index in [4.69, 9.17) is 27.9 Å². The molecule has 0 bridgehead atoms. The number of amides is 5. The molecule has 4 rings (SSSR count). The second kappa shape index (κ2) is 11.4. The minimum absolute atomic E-state index is 0.148. The second-order valence-electron chi connectivity index (χ2n) is 8.40. The van der Waals surface area contributed by atoms with Crippen LogP contribution in [0.2, 0.25) is 10.0 Å². The van der Waals surface area contributed by atoms with Gasteiger partial charge in [0.1, 0.15) is 11.3 Å². The lowest BCUT2D eigenvalue weighted by Crippen LogP contribution is -2.54. The molecule has 0 aliphatic carbocycles. The quantitative estimate of drug-likeness (QED) is 0.259. The number of benzene rings is 3. The van der Waals surface area contributed by atoms with Crippen LogP contribution in [-0.2, 0) is 14.4 Å². The van der Waals surface area contributed by atoms with Gasteiger partial charge in [-0.1, -0.05) is 47.0 Å². The lowest BCUT2D eigenvalue weighted by molar-refractivity contribution is -0.122. The number of halogens is 3. The molecular formula is C27H20BrCl2N3O5. The van der Waals surface area contributed by atoms with Gasteiger partial charge in [0.05, 0.1) is 20.2 Å². The van der Waals surface area contributed by atoms with E-state index in [1.165, 1.54) is 24.3 Å². The molecule has 1 heterocycles. The minimum Gasteiger partial charge on any atom is -0.483 e. The summed E-state index contributed by atoms with van der Waals surface area (Å²) >= 11 is 15.3. The third kappa shape index (κ3) is 6.07. The number of ether oxygens (including phenoxy) is 1. The fraction of sp³-hybridized carbons (Fsp3) is 0.111. The van der Waals surface area contributed by atoms with Crippen LogP contribution >= 0.6 is 39.1 Å². The molecule has 0 radical (unpaired) electrons. The first-order valence-electron chi connectivity index (χ1n) is 11.2. The van der Waals surface area contributed by atoms with Gasteiger partial charge < -0.3 is 10.1 Å². The summed E-state index contributed by atoms with van der Waals surface area (Å²) in [5, 5.41) is 5.36. The van der Waals surface area contributed by atoms with Crippen molar-refractivity contribution < 1.29 is 23.9 Å². The first-order valence-corrected chi connectivity index (χ1v) is 12.7. The van der Waals surface area contributed by atoms with Crippen molar-refractivity contribution in [3.05, 3.63) is 91.4 Å². The summed E-state index contributed by atoms with van der Waals surface area (Å²) in [4.78, 5) is 51.1. The van der Waals surface area contributed by atoms with Crippen LogP contribution in [0.4, 0.5) is 16.2 Å². The monoisotopic (exact) mass is 615 g/mol. The molecule has 0 saturated carbocycles. The fourth-order valence-electron chi connectivity index (χ4n) is 3.69. The van der Waals surface area contributed by atoms with Crippen molar-refractivity contribution in [1.82, 2.24) is 5.32 Å². The largest absolute Gasteiger partial charge is 0.483 e. The molecule has 1 aliphatic rings. The van der Waals surface area contributed by atoms with Crippen LogP contribution in [0.3, 0.4) is 0 Å². The predicted molar refractivity (Wildman–Crippen MR) is 150 cm³/mol. The number of imide groups is 2. The minimum atomic E-state index is -0.903. The van der Waals surface area contributed by atoms with Gasteiger partial charge in [-0.25, -0.2) is 9.69 Å². The number of rotatable bonds is 6. The molecule has 38 heavy (non-hydrogen) atoms. The Labute approximate surface area is 236 Å². The van der Waals surface area contributed by atoms with Crippen molar-refractivity contribution in [3.8, 4) is 5.75 Å². The zero-order chi connectivity index (χ0) is 27.6. The standard InChI is InChI=1S/C27H20BrCl2N3O5/c1-14-3-7-22(15(2)9-14)31-24(34)13-38-23-8-4-16(11-19(23)28)10-18-25(35)32-27(37)33(26(18)36)17-5-6-20(29)21(30)12-17/h3-12H,13H2,1-2H3,(H,31,34)(H,32,35,37)/b18-10-. The Balaban J connectivity index is 1.48. The highest BCUT2D eigenvalue weighted by atomic mass is 79.9. The third-order valence-corrected chi connectivity index (χ3v) is 6.90.